The maximum Gasteiger partial charge on any atom is 0.410 e. The van der Waals surface area contributed by atoms with Crippen LogP contribution in [0.15, 0.2) is 42.9 Å². The van der Waals surface area contributed by atoms with Crippen LogP contribution in [0.1, 0.15) is 31.1 Å². The van der Waals surface area contributed by atoms with Gasteiger partial charge in [-0.15, -0.1) is 0 Å². The molecule has 3 aromatic rings. The van der Waals surface area contributed by atoms with Crippen molar-refractivity contribution in [3.8, 4) is 22.5 Å². The molecule has 41 heavy (non-hydrogen) atoms. The summed E-state index contributed by atoms with van der Waals surface area (Å²) in [7, 11) is 2.88. The average Bonchev–Trinajstić information content (AvgIpc) is 3.35. The van der Waals surface area contributed by atoms with Gasteiger partial charge in [-0.05, 0) is 32.4 Å². The molecule has 0 atom stereocenters. The van der Waals surface area contributed by atoms with E-state index in [9.17, 15) is 19.2 Å². The highest BCUT2D eigenvalue weighted by atomic mass is 16.6. The zero-order valence-corrected chi connectivity index (χ0v) is 23.4. The summed E-state index contributed by atoms with van der Waals surface area (Å²) < 4.78 is 11.4. The lowest BCUT2D eigenvalue weighted by molar-refractivity contribution is -0.153. The highest BCUT2D eigenvalue weighted by Gasteiger charge is 2.33. The molecule has 1 saturated heterocycles. The van der Waals surface area contributed by atoms with Crippen LogP contribution in [0.2, 0.25) is 0 Å². The molecule has 14 heteroatoms. The maximum absolute atomic E-state index is 12.9. The summed E-state index contributed by atoms with van der Waals surface area (Å²) >= 11 is 0. The van der Waals surface area contributed by atoms with Crippen molar-refractivity contribution in [3.05, 3.63) is 48.4 Å². The molecular weight excluding hydrogens is 532 g/mol. The number of benzene rings is 1. The molecule has 4 rings (SSSR count). The third-order valence-electron chi connectivity index (χ3n) is 6.02. The fourth-order valence-corrected chi connectivity index (χ4v) is 3.97. The second-order valence-electron chi connectivity index (χ2n) is 10.5. The van der Waals surface area contributed by atoms with Crippen LogP contribution in [0.4, 0.5) is 10.6 Å². The van der Waals surface area contributed by atoms with Crippen molar-refractivity contribution in [3.63, 3.8) is 0 Å². The highest BCUT2D eigenvalue weighted by Crippen LogP contribution is 2.26. The number of nitrogens with one attached hydrogen (secondary N) is 3. The van der Waals surface area contributed by atoms with E-state index in [-0.39, 0.29) is 23.4 Å². The Bertz CT molecular complexity index is 1460. The minimum absolute atomic E-state index is 0.0330. The highest BCUT2D eigenvalue weighted by molar-refractivity contribution is 6.32. The number of aromatic nitrogens is 4. The zero-order valence-electron chi connectivity index (χ0n) is 23.4. The Hall–Kier alpha value is -5.01. The van der Waals surface area contributed by atoms with Crippen molar-refractivity contribution in [1.82, 2.24) is 35.5 Å². The first-order valence-electron chi connectivity index (χ1n) is 12.8. The van der Waals surface area contributed by atoms with Crippen molar-refractivity contribution in [2.24, 2.45) is 13.0 Å². The van der Waals surface area contributed by atoms with Gasteiger partial charge in [-0.3, -0.25) is 25.1 Å². The lowest BCUT2D eigenvalue weighted by atomic mass is 10.0. The van der Waals surface area contributed by atoms with Gasteiger partial charge in [0.15, 0.2) is 5.82 Å². The van der Waals surface area contributed by atoms with E-state index in [1.807, 2.05) is 63.7 Å². The molecule has 3 amide bonds. The molecular formula is C27H32N8O6. The number of nitrogens with zero attached hydrogens (tertiary/aromatic N) is 5. The number of rotatable bonds is 6. The molecule has 0 spiro atoms. The van der Waals surface area contributed by atoms with Crippen LogP contribution in [0.5, 0.6) is 0 Å². The summed E-state index contributed by atoms with van der Waals surface area (Å²) in [6.07, 6.45) is 4.59. The minimum atomic E-state index is -1.16. The SMILES string of the molecule is COC(=O)C(=O)NNC(=O)c1cnc(-c2cccc(-c3cnn(C)c3)c2)nc1NCC1CN(C(=O)OC(C)(C)C)C1. The number of hydrogen-bond acceptors (Lipinski definition) is 10. The van der Waals surface area contributed by atoms with E-state index in [4.69, 9.17) is 4.74 Å². The third-order valence-corrected chi connectivity index (χ3v) is 6.02. The molecule has 14 nitrogen and oxygen atoms in total. The van der Waals surface area contributed by atoms with Crippen molar-refractivity contribution in [2.45, 2.75) is 26.4 Å². The van der Waals surface area contributed by atoms with Crippen molar-refractivity contribution >= 4 is 29.7 Å². The first-order valence-corrected chi connectivity index (χ1v) is 12.8. The van der Waals surface area contributed by atoms with Gasteiger partial charge in [-0.25, -0.2) is 19.6 Å². The molecule has 0 bridgehead atoms. The summed E-state index contributed by atoms with van der Waals surface area (Å²) in [5.74, 6) is -2.39. The van der Waals surface area contributed by atoms with Crippen LogP contribution in [0.3, 0.4) is 0 Å². The van der Waals surface area contributed by atoms with Gasteiger partial charge in [-0.2, -0.15) is 5.10 Å². The van der Waals surface area contributed by atoms with Crippen molar-refractivity contribution < 1.29 is 28.7 Å². The standard InChI is InChI=1S/C27H32N8O6/c1-27(2,3)41-26(39)35-13-16(14-35)10-28-22-20(23(36)32-33-24(37)25(38)40-5)12-29-21(31-22)18-8-6-7-17(9-18)19-11-30-34(4)15-19/h6-9,11-12,15-16H,10,13-14H2,1-5H3,(H,32,36)(H,33,37)(H,28,29,31). The Labute approximate surface area is 236 Å². The second-order valence-corrected chi connectivity index (χ2v) is 10.5. The zero-order chi connectivity index (χ0) is 29.7. The van der Waals surface area contributed by atoms with Gasteiger partial charge in [0, 0.05) is 56.1 Å². The summed E-state index contributed by atoms with van der Waals surface area (Å²) in [6.45, 7) is 6.78. The summed E-state index contributed by atoms with van der Waals surface area (Å²) in [5.41, 5.74) is 6.15. The van der Waals surface area contributed by atoms with Crippen molar-refractivity contribution in [2.75, 3.05) is 32.1 Å². The molecule has 1 aromatic carbocycles. The number of carbonyl (C=O) groups is 4. The number of esters is 1. The molecule has 2 aromatic heterocycles. The van der Waals surface area contributed by atoms with E-state index in [1.54, 1.807) is 15.8 Å². The average molecular weight is 565 g/mol. The van der Waals surface area contributed by atoms with Gasteiger partial charge >= 0.3 is 18.0 Å². The monoisotopic (exact) mass is 564 g/mol. The maximum atomic E-state index is 12.9. The Morgan fingerprint density at radius 3 is 2.44 bits per heavy atom. The fraction of sp³-hybridized carbons (Fsp3) is 0.370. The number of carbonyl (C=O) groups excluding carboxylic acids is 4. The van der Waals surface area contributed by atoms with Crippen LogP contribution in [0, 0.1) is 5.92 Å². The van der Waals surface area contributed by atoms with Gasteiger partial charge in [0.2, 0.25) is 0 Å². The van der Waals surface area contributed by atoms with Crippen LogP contribution in [-0.4, -0.2) is 80.9 Å². The van der Waals surface area contributed by atoms with E-state index in [1.165, 1.54) is 6.20 Å². The van der Waals surface area contributed by atoms with E-state index >= 15 is 0 Å². The molecule has 1 fully saturated rings. The molecule has 0 aliphatic carbocycles. The number of hydrogen-bond donors (Lipinski definition) is 3. The van der Waals surface area contributed by atoms with Gasteiger partial charge in [0.1, 0.15) is 17.0 Å². The number of likely N-dealkylation sites (tertiary alicyclic amines) is 1. The molecule has 1 aliphatic rings. The smallest absolute Gasteiger partial charge is 0.410 e. The molecule has 0 unspecified atom stereocenters. The Morgan fingerprint density at radius 2 is 1.78 bits per heavy atom. The first kappa shape index (κ1) is 29.0. The molecule has 0 saturated carbocycles. The first-order chi connectivity index (χ1) is 19.4. The van der Waals surface area contributed by atoms with Crippen LogP contribution in [-0.2, 0) is 26.1 Å². The van der Waals surface area contributed by atoms with Gasteiger partial charge in [0.25, 0.3) is 5.91 Å². The second kappa shape index (κ2) is 12.0. The predicted molar refractivity (Wildman–Crippen MR) is 147 cm³/mol. The summed E-state index contributed by atoms with van der Waals surface area (Å²) in [4.78, 5) is 58.8. The van der Waals surface area contributed by atoms with Gasteiger partial charge < -0.3 is 19.7 Å². The van der Waals surface area contributed by atoms with Crippen LogP contribution in [0.25, 0.3) is 22.5 Å². The Morgan fingerprint density at radius 1 is 1.05 bits per heavy atom. The molecule has 1 aliphatic heterocycles. The largest absolute Gasteiger partial charge is 0.462 e. The molecule has 0 radical (unpaired) electrons. The Kier molecular flexibility index (Phi) is 8.50. The number of hydrazine groups is 1. The quantitative estimate of drug-likeness (QED) is 0.228. The number of aryl methyl sites for hydroxylation is 1. The van der Waals surface area contributed by atoms with E-state index < -0.39 is 23.4 Å². The fourth-order valence-electron chi connectivity index (χ4n) is 3.97. The van der Waals surface area contributed by atoms with E-state index in [0.29, 0.717) is 31.0 Å². The third kappa shape index (κ3) is 7.35. The number of amides is 3. The molecule has 3 heterocycles. The van der Waals surface area contributed by atoms with Crippen molar-refractivity contribution in [1.29, 1.82) is 0 Å². The van der Waals surface area contributed by atoms with E-state index in [0.717, 1.165) is 18.2 Å². The number of anilines is 1. The predicted octanol–water partition coefficient (Wildman–Crippen LogP) is 1.76. The van der Waals surface area contributed by atoms with Gasteiger partial charge in [-0.1, -0.05) is 18.2 Å². The normalized spacial score (nSPS) is 13.1. The van der Waals surface area contributed by atoms with Crippen LogP contribution < -0.4 is 16.2 Å². The molecule has 3 N–H and O–H groups in total. The van der Waals surface area contributed by atoms with Crippen LogP contribution >= 0.6 is 0 Å². The summed E-state index contributed by atoms with van der Waals surface area (Å²) in [5, 5.41) is 7.39. The number of methoxy groups -OCH3 is 1. The summed E-state index contributed by atoms with van der Waals surface area (Å²) in [6, 6.07) is 7.58. The van der Waals surface area contributed by atoms with E-state index in [2.05, 4.69) is 30.5 Å². The lowest BCUT2D eigenvalue weighted by Gasteiger charge is -2.39. The topological polar surface area (TPSA) is 170 Å². The molecule has 216 valence electrons. The van der Waals surface area contributed by atoms with Gasteiger partial charge in [0.05, 0.1) is 13.3 Å². The minimum Gasteiger partial charge on any atom is -0.462 e. The number of ether oxygens (including phenoxy) is 2. The lowest BCUT2D eigenvalue weighted by Crippen LogP contribution is -2.53. The Balaban J connectivity index is 1.52.